The molecule has 0 bridgehead atoms. The molecule has 2 rings (SSSR count). The van der Waals surface area contributed by atoms with Crippen LogP contribution in [0.3, 0.4) is 0 Å². The molecule has 0 aliphatic carbocycles. The number of carbonyl (C=O) groups excluding carboxylic acids is 1. The molecule has 1 aromatic carbocycles. The molecular formula is C15H17NO3S2. The average molecular weight is 323 g/mol. The van der Waals surface area contributed by atoms with Crippen molar-refractivity contribution in [3.63, 3.8) is 0 Å². The second-order valence-corrected chi connectivity index (χ2v) is 6.44. The van der Waals surface area contributed by atoms with E-state index in [1.54, 1.807) is 19.1 Å². The Labute approximate surface area is 134 Å². The lowest BCUT2D eigenvalue weighted by molar-refractivity contribution is -0.123. The van der Waals surface area contributed by atoms with Gasteiger partial charge in [0.05, 0.1) is 19.1 Å². The molecule has 4 nitrogen and oxygen atoms in total. The van der Waals surface area contributed by atoms with E-state index in [1.807, 2.05) is 38.1 Å². The van der Waals surface area contributed by atoms with Gasteiger partial charge in [-0.1, -0.05) is 30.0 Å². The molecule has 1 amide bonds. The molecule has 0 aromatic heterocycles. The van der Waals surface area contributed by atoms with Crippen molar-refractivity contribution in [2.75, 3.05) is 14.2 Å². The summed E-state index contributed by atoms with van der Waals surface area (Å²) in [6.07, 6.45) is 1.82. The fourth-order valence-electron chi connectivity index (χ4n) is 2.02. The molecule has 1 aromatic rings. The van der Waals surface area contributed by atoms with E-state index in [-0.39, 0.29) is 11.9 Å². The van der Waals surface area contributed by atoms with Crippen LogP contribution in [-0.4, -0.2) is 35.4 Å². The van der Waals surface area contributed by atoms with Crippen LogP contribution in [0.1, 0.15) is 19.4 Å². The van der Waals surface area contributed by atoms with E-state index in [2.05, 4.69) is 0 Å². The maximum absolute atomic E-state index is 12.3. The SMILES string of the molecule is COc1ccc(/C=C2\SC(=S)N(C(C)C)C2=O)cc1OC. The number of carbonyl (C=O) groups is 1. The third-order valence-electron chi connectivity index (χ3n) is 3.05. The highest BCUT2D eigenvalue weighted by Gasteiger charge is 2.33. The Hall–Kier alpha value is -1.53. The van der Waals surface area contributed by atoms with Gasteiger partial charge in [-0.3, -0.25) is 9.69 Å². The first-order valence-electron chi connectivity index (χ1n) is 6.47. The molecule has 0 unspecified atom stereocenters. The van der Waals surface area contributed by atoms with Crippen LogP contribution in [0.2, 0.25) is 0 Å². The van der Waals surface area contributed by atoms with E-state index in [4.69, 9.17) is 21.7 Å². The Morgan fingerprint density at radius 1 is 1.24 bits per heavy atom. The van der Waals surface area contributed by atoms with Crippen molar-refractivity contribution in [3.8, 4) is 11.5 Å². The first-order chi connectivity index (χ1) is 9.97. The lowest BCUT2D eigenvalue weighted by atomic mass is 10.2. The Morgan fingerprint density at radius 3 is 2.43 bits per heavy atom. The molecule has 6 heteroatoms. The average Bonchev–Trinajstić information content (AvgIpc) is 2.73. The molecular weight excluding hydrogens is 306 g/mol. The summed E-state index contributed by atoms with van der Waals surface area (Å²) in [5, 5.41) is 0. The fraction of sp³-hybridized carbons (Fsp3) is 0.333. The summed E-state index contributed by atoms with van der Waals surface area (Å²) in [5.41, 5.74) is 0.872. The molecule has 0 spiro atoms. The number of nitrogens with zero attached hydrogens (tertiary/aromatic N) is 1. The van der Waals surface area contributed by atoms with Crippen LogP contribution in [0.15, 0.2) is 23.1 Å². The Morgan fingerprint density at radius 2 is 1.90 bits per heavy atom. The third-order valence-corrected chi connectivity index (χ3v) is 4.38. The van der Waals surface area contributed by atoms with Crippen LogP contribution in [0.5, 0.6) is 11.5 Å². The lowest BCUT2D eigenvalue weighted by Gasteiger charge is -2.18. The summed E-state index contributed by atoms with van der Waals surface area (Å²) in [5.74, 6) is 1.24. The van der Waals surface area contributed by atoms with Crippen LogP contribution in [0.4, 0.5) is 0 Å². The predicted octanol–water partition coefficient (Wildman–Crippen LogP) is 3.31. The lowest BCUT2D eigenvalue weighted by Crippen LogP contribution is -2.34. The quantitative estimate of drug-likeness (QED) is 0.628. The van der Waals surface area contributed by atoms with E-state index in [1.165, 1.54) is 11.8 Å². The van der Waals surface area contributed by atoms with Gasteiger partial charge in [-0.2, -0.15) is 0 Å². The number of benzene rings is 1. The van der Waals surface area contributed by atoms with Crippen LogP contribution in [-0.2, 0) is 4.79 Å². The van der Waals surface area contributed by atoms with Gasteiger partial charge in [-0.05, 0) is 37.6 Å². The third kappa shape index (κ3) is 3.22. The van der Waals surface area contributed by atoms with Crippen LogP contribution >= 0.6 is 24.0 Å². The first kappa shape index (κ1) is 15.9. The van der Waals surface area contributed by atoms with E-state index >= 15 is 0 Å². The normalized spacial score (nSPS) is 17.0. The van der Waals surface area contributed by atoms with Crippen LogP contribution in [0, 0.1) is 0 Å². The Bertz CT molecular complexity index is 611. The standard InChI is InChI=1S/C15H17NO3S2/c1-9(2)16-14(17)13(21-15(16)20)8-10-5-6-11(18-3)12(7-10)19-4/h5-9H,1-4H3/b13-8-. The number of rotatable bonds is 4. The van der Waals surface area contributed by atoms with Gasteiger partial charge in [0.1, 0.15) is 4.32 Å². The van der Waals surface area contributed by atoms with E-state index < -0.39 is 0 Å². The number of amides is 1. The number of hydrogen-bond donors (Lipinski definition) is 0. The molecule has 1 aliphatic rings. The highest BCUT2D eigenvalue weighted by atomic mass is 32.2. The highest BCUT2D eigenvalue weighted by Crippen LogP contribution is 2.35. The zero-order valence-electron chi connectivity index (χ0n) is 12.4. The highest BCUT2D eigenvalue weighted by molar-refractivity contribution is 8.26. The van der Waals surface area contributed by atoms with Gasteiger partial charge >= 0.3 is 0 Å². The second kappa shape index (κ2) is 6.49. The van der Waals surface area contributed by atoms with E-state index in [0.29, 0.717) is 20.7 Å². The maximum atomic E-state index is 12.3. The molecule has 0 saturated carbocycles. The van der Waals surface area contributed by atoms with Crippen molar-refractivity contribution in [1.29, 1.82) is 0 Å². The monoisotopic (exact) mass is 323 g/mol. The minimum atomic E-state index is -0.0465. The summed E-state index contributed by atoms with van der Waals surface area (Å²) >= 11 is 6.58. The van der Waals surface area contributed by atoms with Crippen LogP contribution < -0.4 is 9.47 Å². The molecule has 0 atom stereocenters. The van der Waals surface area contributed by atoms with Crippen LogP contribution in [0.25, 0.3) is 6.08 Å². The largest absolute Gasteiger partial charge is 0.493 e. The van der Waals surface area contributed by atoms with Gasteiger partial charge in [0.25, 0.3) is 5.91 Å². The smallest absolute Gasteiger partial charge is 0.266 e. The van der Waals surface area contributed by atoms with Gasteiger partial charge in [-0.15, -0.1) is 0 Å². The number of thioether (sulfide) groups is 1. The maximum Gasteiger partial charge on any atom is 0.266 e. The second-order valence-electron chi connectivity index (χ2n) is 4.76. The predicted molar refractivity (Wildman–Crippen MR) is 89.7 cm³/mol. The summed E-state index contributed by atoms with van der Waals surface area (Å²) in [6, 6.07) is 5.59. The van der Waals surface area contributed by atoms with E-state index in [0.717, 1.165) is 5.56 Å². The van der Waals surface area contributed by atoms with Gasteiger partial charge in [0, 0.05) is 6.04 Å². The van der Waals surface area contributed by atoms with Gasteiger partial charge < -0.3 is 9.47 Å². The number of thiocarbonyl (C=S) groups is 1. The molecule has 21 heavy (non-hydrogen) atoms. The summed E-state index contributed by atoms with van der Waals surface area (Å²) in [7, 11) is 3.17. The van der Waals surface area contributed by atoms with Crippen molar-refractivity contribution in [1.82, 2.24) is 4.90 Å². The van der Waals surface area contributed by atoms with Crippen molar-refractivity contribution in [3.05, 3.63) is 28.7 Å². The summed E-state index contributed by atoms with van der Waals surface area (Å²) in [4.78, 5) is 14.6. The van der Waals surface area contributed by atoms with E-state index in [9.17, 15) is 4.79 Å². The molecule has 1 saturated heterocycles. The van der Waals surface area contributed by atoms with Crippen molar-refractivity contribution < 1.29 is 14.3 Å². The summed E-state index contributed by atoms with van der Waals surface area (Å²) in [6.45, 7) is 3.90. The Balaban J connectivity index is 2.32. The number of ether oxygens (including phenoxy) is 2. The molecule has 0 N–H and O–H groups in total. The first-order valence-corrected chi connectivity index (χ1v) is 7.69. The molecule has 1 fully saturated rings. The molecule has 0 radical (unpaired) electrons. The zero-order valence-corrected chi connectivity index (χ0v) is 14.0. The summed E-state index contributed by atoms with van der Waals surface area (Å²) < 4.78 is 11.1. The number of hydrogen-bond acceptors (Lipinski definition) is 5. The molecule has 1 heterocycles. The number of methoxy groups -OCH3 is 2. The molecule has 112 valence electrons. The van der Waals surface area contributed by atoms with Gasteiger partial charge in [-0.25, -0.2) is 0 Å². The Kier molecular flexibility index (Phi) is 4.90. The molecule has 1 aliphatic heterocycles. The van der Waals surface area contributed by atoms with Crippen molar-refractivity contribution >= 4 is 40.3 Å². The zero-order chi connectivity index (χ0) is 15.6. The topological polar surface area (TPSA) is 38.8 Å². The minimum Gasteiger partial charge on any atom is -0.493 e. The van der Waals surface area contributed by atoms with Crippen molar-refractivity contribution in [2.45, 2.75) is 19.9 Å². The van der Waals surface area contributed by atoms with Gasteiger partial charge in [0.2, 0.25) is 0 Å². The minimum absolute atomic E-state index is 0.0465. The van der Waals surface area contributed by atoms with Crippen molar-refractivity contribution in [2.24, 2.45) is 0 Å². The fourth-order valence-corrected chi connectivity index (χ4v) is 3.54. The van der Waals surface area contributed by atoms with Gasteiger partial charge in [0.15, 0.2) is 11.5 Å².